The van der Waals surface area contributed by atoms with E-state index in [1.54, 1.807) is 11.8 Å². The van der Waals surface area contributed by atoms with E-state index in [1.165, 1.54) is 6.92 Å². The first kappa shape index (κ1) is 20.6. The van der Waals surface area contributed by atoms with Gasteiger partial charge in [-0.1, -0.05) is 37.3 Å². The second-order valence-corrected chi connectivity index (χ2v) is 8.50. The van der Waals surface area contributed by atoms with E-state index in [-0.39, 0.29) is 23.6 Å². The topological polar surface area (TPSA) is 63.2 Å². The molecule has 0 aliphatic carbocycles. The molecule has 2 aliphatic rings. The minimum absolute atomic E-state index is 0.269. The molecule has 7 heteroatoms. The number of fused-ring (bicyclic) bond motifs is 1. The van der Waals surface area contributed by atoms with Gasteiger partial charge in [0, 0.05) is 6.92 Å². The Morgan fingerprint density at radius 2 is 2.00 bits per heavy atom. The average molecular weight is 397 g/mol. The maximum Gasteiger partial charge on any atom is 0.303 e. The molecule has 2 aliphatic heterocycles. The number of carbonyl (C=O) groups is 1. The van der Waals surface area contributed by atoms with Crippen molar-refractivity contribution in [1.82, 2.24) is 0 Å². The van der Waals surface area contributed by atoms with Crippen LogP contribution in [0, 0.1) is 0 Å². The lowest BCUT2D eigenvalue weighted by Crippen LogP contribution is -2.65. The van der Waals surface area contributed by atoms with Gasteiger partial charge in [-0.15, -0.1) is 11.8 Å². The zero-order valence-electron chi connectivity index (χ0n) is 16.3. The predicted octanol–water partition coefficient (Wildman–Crippen LogP) is 3.13. The third-order valence-corrected chi connectivity index (χ3v) is 5.57. The van der Waals surface area contributed by atoms with Crippen molar-refractivity contribution in [3.63, 3.8) is 0 Å². The van der Waals surface area contributed by atoms with Gasteiger partial charge in [-0.05, 0) is 25.2 Å². The van der Waals surface area contributed by atoms with Crippen LogP contribution < -0.4 is 0 Å². The smallest absolute Gasteiger partial charge is 0.303 e. The first-order chi connectivity index (χ1) is 12.9. The van der Waals surface area contributed by atoms with E-state index >= 15 is 0 Å². The molecule has 0 amide bonds. The quantitative estimate of drug-likeness (QED) is 0.685. The number of carbonyl (C=O) groups excluding carboxylic acids is 1. The molecule has 6 nitrogen and oxygen atoms in total. The van der Waals surface area contributed by atoms with Crippen molar-refractivity contribution in [2.75, 3.05) is 12.4 Å². The molecule has 0 bridgehead atoms. The number of thioether (sulfide) groups is 1. The third-order valence-electron chi connectivity index (χ3n) is 4.52. The van der Waals surface area contributed by atoms with Gasteiger partial charge in [0.25, 0.3) is 0 Å². The summed E-state index contributed by atoms with van der Waals surface area (Å²) < 4.78 is 30.0. The Morgan fingerprint density at radius 1 is 1.26 bits per heavy atom. The van der Waals surface area contributed by atoms with Crippen molar-refractivity contribution < 1.29 is 28.5 Å². The lowest BCUT2D eigenvalue weighted by atomic mass is 9.97. The number of hydrogen-bond donors (Lipinski definition) is 0. The highest BCUT2D eigenvalue weighted by Crippen LogP contribution is 2.38. The summed E-state index contributed by atoms with van der Waals surface area (Å²) in [6.07, 6.45) is -1.64. The summed E-state index contributed by atoms with van der Waals surface area (Å²) in [5.74, 6) is -0.272. The molecule has 2 saturated heterocycles. The van der Waals surface area contributed by atoms with E-state index in [2.05, 4.69) is 0 Å². The van der Waals surface area contributed by atoms with Crippen LogP contribution in [-0.2, 0) is 35.1 Å². The van der Waals surface area contributed by atoms with E-state index in [0.717, 1.165) is 11.3 Å². The number of benzene rings is 1. The fourth-order valence-corrected chi connectivity index (χ4v) is 4.32. The SMILES string of the molecule is CCS[C@@H]1OC2COC(C)(C)O[C@H]2[C@@H](OCc2ccccc2)C1OC(C)=O. The molecule has 2 fully saturated rings. The first-order valence-electron chi connectivity index (χ1n) is 9.31. The van der Waals surface area contributed by atoms with Crippen LogP contribution in [0.15, 0.2) is 30.3 Å². The largest absolute Gasteiger partial charge is 0.456 e. The molecule has 0 aromatic heterocycles. The molecular weight excluding hydrogens is 368 g/mol. The van der Waals surface area contributed by atoms with Crippen molar-refractivity contribution in [1.29, 1.82) is 0 Å². The Hall–Kier alpha value is -1.12. The maximum atomic E-state index is 11.8. The molecule has 27 heavy (non-hydrogen) atoms. The molecule has 3 rings (SSSR count). The Balaban J connectivity index is 1.84. The summed E-state index contributed by atoms with van der Waals surface area (Å²) in [5, 5.41) is 0. The fraction of sp³-hybridized carbons (Fsp3) is 0.650. The van der Waals surface area contributed by atoms with Gasteiger partial charge < -0.3 is 23.7 Å². The number of rotatable bonds is 6. The Kier molecular flexibility index (Phi) is 6.81. The molecule has 0 spiro atoms. The lowest BCUT2D eigenvalue weighted by molar-refractivity contribution is -0.355. The highest BCUT2D eigenvalue weighted by molar-refractivity contribution is 7.99. The fourth-order valence-electron chi connectivity index (χ4n) is 3.37. The first-order valence-corrected chi connectivity index (χ1v) is 10.4. The average Bonchev–Trinajstić information content (AvgIpc) is 2.62. The third kappa shape index (κ3) is 5.23. The molecule has 0 radical (unpaired) electrons. The monoisotopic (exact) mass is 396 g/mol. The molecule has 1 aromatic rings. The van der Waals surface area contributed by atoms with Gasteiger partial charge in [-0.3, -0.25) is 4.79 Å². The summed E-state index contributed by atoms with van der Waals surface area (Å²) in [6, 6.07) is 9.92. The Bertz CT molecular complexity index is 622. The summed E-state index contributed by atoms with van der Waals surface area (Å²) in [7, 11) is 0. The van der Waals surface area contributed by atoms with Crippen LogP contribution in [0.4, 0.5) is 0 Å². The van der Waals surface area contributed by atoms with Gasteiger partial charge in [0.1, 0.15) is 23.7 Å². The summed E-state index contributed by atoms with van der Waals surface area (Å²) >= 11 is 1.59. The van der Waals surface area contributed by atoms with Crippen molar-refractivity contribution in [3.05, 3.63) is 35.9 Å². The summed E-state index contributed by atoms with van der Waals surface area (Å²) in [6.45, 7) is 8.00. The number of esters is 1. The van der Waals surface area contributed by atoms with Crippen LogP contribution in [0.2, 0.25) is 0 Å². The number of ether oxygens (including phenoxy) is 5. The van der Waals surface area contributed by atoms with Gasteiger partial charge in [0.2, 0.25) is 0 Å². The highest BCUT2D eigenvalue weighted by Gasteiger charge is 2.53. The molecular formula is C20H28O6S. The van der Waals surface area contributed by atoms with Crippen LogP contribution in [0.3, 0.4) is 0 Å². The lowest BCUT2D eigenvalue weighted by Gasteiger charge is -2.50. The van der Waals surface area contributed by atoms with Gasteiger partial charge >= 0.3 is 5.97 Å². The van der Waals surface area contributed by atoms with Crippen LogP contribution in [0.25, 0.3) is 0 Å². The number of hydrogen-bond acceptors (Lipinski definition) is 7. The zero-order valence-corrected chi connectivity index (χ0v) is 17.1. The van der Waals surface area contributed by atoms with Crippen LogP contribution in [0.1, 0.15) is 33.3 Å². The van der Waals surface area contributed by atoms with Crippen LogP contribution >= 0.6 is 11.8 Å². The minimum atomic E-state index is -0.746. The van der Waals surface area contributed by atoms with Crippen LogP contribution in [0.5, 0.6) is 0 Å². The van der Waals surface area contributed by atoms with E-state index < -0.39 is 18.0 Å². The van der Waals surface area contributed by atoms with Crippen molar-refractivity contribution in [3.8, 4) is 0 Å². The second-order valence-electron chi connectivity index (χ2n) is 7.13. The van der Waals surface area contributed by atoms with Gasteiger partial charge in [0.05, 0.1) is 13.2 Å². The molecule has 150 valence electrons. The van der Waals surface area contributed by atoms with E-state index in [0.29, 0.717) is 13.2 Å². The predicted molar refractivity (Wildman–Crippen MR) is 102 cm³/mol. The zero-order chi connectivity index (χ0) is 19.4. The van der Waals surface area contributed by atoms with Crippen molar-refractivity contribution in [2.45, 2.75) is 69.9 Å². The van der Waals surface area contributed by atoms with Gasteiger partial charge in [-0.2, -0.15) is 0 Å². The van der Waals surface area contributed by atoms with E-state index in [1.807, 2.05) is 51.1 Å². The van der Waals surface area contributed by atoms with Crippen LogP contribution in [-0.4, -0.2) is 54.0 Å². The normalized spacial score (nSPS) is 32.5. The summed E-state index contributed by atoms with van der Waals surface area (Å²) in [4.78, 5) is 11.8. The Morgan fingerprint density at radius 3 is 2.67 bits per heavy atom. The summed E-state index contributed by atoms with van der Waals surface area (Å²) in [5.41, 5.74) is 0.725. The van der Waals surface area contributed by atoms with E-state index in [4.69, 9.17) is 23.7 Å². The van der Waals surface area contributed by atoms with Crippen molar-refractivity contribution in [2.24, 2.45) is 0 Å². The standard InChI is InChI=1S/C20H28O6S/c1-5-27-19-18(24-13(2)21)17(22-11-14-9-7-6-8-10-14)16-15(25-19)12-23-20(3,4)26-16/h6-10,15-19H,5,11-12H2,1-4H3/t15?,16-,17-,18?,19+/m1/s1. The van der Waals surface area contributed by atoms with Gasteiger partial charge in [0.15, 0.2) is 11.9 Å². The molecule has 2 heterocycles. The highest BCUT2D eigenvalue weighted by atomic mass is 32.2. The van der Waals surface area contributed by atoms with Crippen molar-refractivity contribution >= 4 is 17.7 Å². The van der Waals surface area contributed by atoms with Gasteiger partial charge in [-0.25, -0.2) is 0 Å². The minimum Gasteiger partial charge on any atom is -0.456 e. The molecule has 2 unspecified atom stereocenters. The molecule has 0 saturated carbocycles. The second kappa shape index (κ2) is 8.92. The molecule has 0 N–H and O–H groups in total. The molecule has 1 aromatic carbocycles. The van der Waals surface area contributed by atoms with E-state index in [9.17, 15) is 4.79 Å². The maximum absolute atomic E-state index is 11.8. The Labute approximate surface area is 164 Å². The molecule has 5 atom stereocenters.